The molecule has 0 saturated carbocycles. The van der Waals surface area contributed by atoms with Crippen molar-refractivity contribution in [3.63, 3.8) is 0 Å². The molecular weight excluding hydrogens is 664 g/mol. The fourth-order valence-corrected chi connectivity index (χ4v) is 8.37. The van der Waals surface area contributed by atoms with E-state index in [0.29, 0.717) is 0 Å². The van der Waals surface area contributed by atoms with E-state index in [0.717, 1.165) is 0 Å². The highest BCUT2D eigenvalue weighted by atomic mass is 16.7. The van der Waals surface area contributed by atoms with Gasteiger partial charge in [0.25, 0.3) is 0 Å². The lowest BCUT2D eigenvalue weighted by molar-refractivity contribution is -0.251. The number of phenolic OH excluding ortho intramolecular Hbond substituents is 1. The molecule has 0 bridgehead atoms. The predicted molar refractivity (Wildman–Crippen MR) is 179 cm³/mol. The predicted octanol–water partition coefficient (Wildman–Crippen LogP) is 2.89. The third-order valence-electron chi connectivity index (χ3n) is 11.0. The second-order valence-electron chi connectivity index (χ2n) is 15.6. The number of nitrogens with zero attached hydrogens (tertiary/aromatic N) is 1. The number of phenols is 1. The molecule has 0 spiro atoms. The van der Waals surface area contributed by atoms with Crippen LogP contribution < -0.4 is 15.2 Å². The zero-order valence-corrected chi connectivity index (χ0v) is 29.8. The SMILES string of the molecule is COc1cccc2c1C(=O)c1c(O)c3c(c(OC(=O)C4CC(C)(C)N(O)C(C)(C)C4)c1C2=O)C[C@@](O)(C(C)=O)C[C@@H]3OC1C[C@H](N)[C@H](O)[C@H](C)O1. The van der Waals surface area contributed by atoms with Crippen LogP contribution in [0.3, 0.4) is 0 Å². The molecule has 2 heterocycles. The Bertz CT molecular complexity index is 1790. The Morgan fingerprint density at radius 2 is 1.67 bits per heavy atom. The summed E-state index contributed by atoms with van der Waals surface area (Å²) >= 11 is 0. The molecule has 1 unspecified atom stereocenters. The number of hydrogen-bond donors (Lipinski definition) is 5. The molecule has 14 nitrogen and oxygen atoms in total. The summed E-state index contributed by atoms with van der Waals surface area (Å²) in [5.41, 5.74) is 1.22. The lowest BCUT2D eigenvalue weighted by atomic mass is 9.72. The van der Waals surface area contributed by atoms with Gasteiger partial charge in [-0.25, -0.2) is 0 Å². The van der Waals surface area contributed by atoms with E-state index in [1.54, 1.807) is 34.6 Å². The normalized spacial score (nSPS) is 30.2. The number of rotatable bonds is 6. The minimum Gasteiger partial charge on any atom is -0.507 e. The molecular formula is C37H46N2O12. The molecule has 0 radical (unpaired) electrons. The number of fused-ring (bicyclic) bond motifs is 3. The highest BCUT2D eigenvalue weighted by molar-refractivity contribution is 6.31. The van der Waals surface area contributed by atoms with Crippen LogP contribution in [0.5, 0.6) is 17.2 Å². The van der Waals surface area contributed by atoms with Gasteiger partial charge in [0.15, 0.2) is 17.9 Å². The second kappa shape index (κ2) is 12.7. The Morgan fingerprint density at radius 1 is 1.02 bits per heavy atom. The highest BCUT2D eigenvalue weighted by Gasteiger charge is 2.52. The molecule has 0 amide bonds. The van der Waals surface area contributed by atoms with E-state index < -0.39 is 99.9 Å². The van der Waals surface area contributed by atoms with Crippen LogP contribution in [0.25, 0.3) is 0 Å². The van der Waals surface area contributed by atoms with Crippen LogP contribution in [0.4, 0.5) is 0 Å². The van der Waals surface area contributed by atoms with E-state index in [9.17, 15) is 39.7 Å². The maximum Gasteiger partial charge on any atom is 0.314 e. The van der Waals surface area contributed by atoms with Crippen molar-refractivity contribution in [2.45, 2.75) is 121 Å². The molecule has 2 aromatic rings. The van der Waals surface area contributed by atoms with E-state index in [-0.39, 0.29) is 59.4 Å². The standard InChI is InChI=1S/C37H46N2O12/c1-16-29(41)21(38)11-24(49-16)50-23-15-37(46,17(2)40)14-20-26(23)32(44)27-28(30(42)19-9-8-10-22(48-7)25(19)31(27)43)33(20)51-34(45)18-12-35(3,4)39(47)36(5,6)13-18/h8-10,16,18,21,23-24,29,41,44,46-47H,11-15,38H2,1-7H3/t16-,21-,23-,24?,29+,37-/m0/s1. The molecule has 2 saturated heterocycles. The van der Waals surface area contributed by atoms with Crippen LogP contribution in [0.1, 0.15) is 116 Å². The lowest BCUT2D eigenvalue weighted by Crippen LogP contribution is -2.60. The Balaban J connectivity index is 1.56. The monoisotopic (exact) mass is 710 g/mol. The number of ether oxygens (including phenoxy) is 4. The fraction of sp³-hybridized carbons (Fsp3) is 0.568. The van der Waals surface area contributed by atoms with Crippen molar-refractivity contribution >= 4 is 23.3 Å². The summed E-state index contributed by atoms with van der Waals surface area (Å²) < 4.78 is 23.7. The topological polar surface area (TPSA) is 215 Å². The number of ketones is 3. The number of methoxy groups -OCH3 is 1. The summed E-state index contributed by atoms with van der Waals surface area (Å²) in [6.45, 7) is 9.89. The number of carbonyl (C=O) groups is 4. The van der Waals surface area contributed by atoms with Gasteiger partial charge in [-0.3, -0.25) is 19.2 Å². The smallest absolute Gasteiger partial charge is 0.314 e. The van der Waals surface area contributed by atoms with Crippen molar-refractivity contribution in [1.82, 2.24) is 5.06 Å². The Kier molecular flexibility index (Phi) is 9.23. The molecule has 6 rings (SSSR count). The van der Waals surface area contributed by atoms with Gasteiger partial charge in [-0.15, -0.1) is 0 Å². The maximum atomic E-state index is 14.4. The average molecular weight is 711 g/mol. The number of carbonyl (C=O) groups excluding carboxylic acids is 4. The first-order chi connectivity index (χ1) is 23.7. The lowest BCUT2D eigenvalue weighted by Gasteiger charge is -2.50. The molecule has 2 aromatic carbocycles. The number of nitrogens with two attached hydrogens (primary N) is 1. The van der Waals surface area contributed by atoms with Crippen LogP contribution in [-0.4, -0.2) is 97.2 Å². The van der Waals surface area contributed by atoms with Gasteiger partial charge < -0.3 is 45.2 Å². The molecule has 0 aromatic heterocycles. The summed E-state index contributed by atoms with van der Waals surface area (Å²) in [6.07, 6.45) is -4.65. The van der Waals surface area contributed by atoms with Gasteiger partial charge >= 0.3 is 5.97 Å². The summed E-state index contributed by atoms with van der Waals surface area (Å²) in [5.74, 6) is -4.67. The Morgan fingerprint density at radius 3 is 2.25 bits per heavy atom. The van der Waals surface area contributed by atoms with Crippen molar-refractivity contribution in [2.75, 3.05) is 7.11 Å². The van der Waals surface area contributed by atoms with Gasteiger partial charge in [0.1, 0.15) is 22.8 Å². The third kappa shape index (κ3) is 6.06. The van der Waals surface area contributed by atoms with Gasteiger partial charge in [-0.1, -0.05) is 12.1 Å². The van der Waals surface area contributed by atoms with Gasteiger partial charge in [-0.05, 0) is 60.5 Å². The van der Waals surface area contributed by atoms with Gasteiger partial charge in [0.2, 0.25) is 5.78 Å². The second-order valence-corrected chi connectivity index (χ2v) is 15.6. The van der Waals surface area contributed by atoms with Crippen LogP contribution >= 0.6 is 0 Å². The van der Waals surface area contributed by atoms with Crippen molar-refractivity contribution in [3.05, 3.63) is 51.6 Å². The van der Waals surface area contributed by atoms with Crippen molar-refractivity contribution in [3.8, 4) is 17.2 Å². The Hall–Kier alpha value is -3.76. The van der Waals surface area contributed by atoms with E-state index in [4.69, 9.17) is 24.7 Å². The van der Waals surface area contributed by atoms with Crippen molar-refractivity contribution < 1.29 is 58.7 Å². The molecule has 276 valence electrons. The van der Waals surface area contributed by atoms with Crippen LogP contribution in [-0.2, 0) is 25.5 Å². The summed E-state index contributed by atoms with van der Waals surface area (Å²) in [6, 6.07) is 3.70. The first-order valence-electron chi connectivity index (χ1n) is 17.1. The number of benzene rings is 2. The minimum absolute atomic E-state index is 0.0144. The molecule has 51 heavy (non-hydrogen) atoms. The molecule has 2 aliphatic heterocycles. The number of aromatic hydroxyl groups is 1. The number of esters is 1. The molecule has 4 aliphatic rings. The third-order valence-corrected chi connectivity index (χ3v) is 11.0. The highest BCUT2D eigenvalue weighted by Crippen LogP contribution is 2.53. The van der Waals surface area contributed by atoms with Crippen molar-refractivity contribution in [1.29, 1.82) is 0 Å². The van der Waals surface area contributed by atoms with Gasteiger partial charge in [0.05, 0.1) is 48.0 Å². The quantitative estimate of drug-likeness (QED) is 0.184. The van der Waals surface area contributed by atoms with E-state index in [1.165, 1.54) is 37.3 Å². The molecule has 6 atom stereocenters. The summed E-state index contributed by atoms with van der Waals surface area (Å²) in [5, 5.41) is 46.3. The zero-order chi connectivity index (χ0) is 37.5. The summed E-state index contributed by atoms with van der Waals surface area (Å²) in [7, 11) is 1.34. The van der Waals surface area contributed by atoms with Crippen LogP contribution in [0.15, 0.2) is 18.2 Å². The first-order valence-corrected chi connectivity index (χ1v) is 17.1. The van der Waals surface area contributed by atoms with Gasteiger partial charge in [-0.2, -0.15) is 5.06 Å². The van der Waals surface area contributed by atoms with Gasteiger partial charge in [0, 0.05) is 53.1 Å². The molecule has 2 aliphatic carbocycles. The molecule has 6 N–H and O–H groups in total. The number of hydroxylamine groups is 2. The number of Topliss-reactive ketones (excluding diaryl/α,β-unsaturated/α-hetero) is 1. The average Bonchev–Trinajstić information content (AvgIpc) is 3.05. The van der Waals surface area contributed by atoms with E-state index >= 15 is 0 Å². The zero-order valence-electron chi connectivity index (χ0n) is 29.8. The maximum absolute atomic E-state index is 14.4. The van der Waals surface area contributed by atoms with E-state index in [1.807, 2.05) is 0 Å². The largest absolute Gasteiger partial charge is 0.507 e. The van der Waals surface area contributed by atoms with Crippen LogP contribution in [0, 0.1) is 5.92 Å². The number of aliphatic hydroxyl groups excluding tert-OH is 1. The fourth-order valence-electron chi connectivity index (χ4n) is 8.37. The minimum atomic E-state index is -2.11. The molecule has 14 heteroatoms. The summed E-state index contributed by atoms with van der Waals surface area (Å²) in [4.78, 5) is 56.1. The number of piperidine rings is 1. The first kappa shape index (κ1) is 37.0. The van der Waals surface area contributed by atoms with E-state index in [2.05, 4.69) is 0 Å². The Labute approximate surface area is 295 Å². The number of hydrogen-bond acceptors (Lipinski definition) is 14. The van der Waals surface area contributed by atoms with Crippen LogP contribution in [0.2, 0.25) is 0 Å². The molecule has 2 fully saturated rings. The van der Waals surface area contributed by atoms with Crippen molar-refractivity contribution in [2.24, 2.45) is 11.7 Å². The number of aliphatic hydroxyl groups is 2.